The molecule has 0 aliphatic carbocycles. The molecule has 14 heavy (non-hydrogen) atoms. The SMILES string of the molecule is CC(C)=C(C)c1cccc(C(=O)O)c1. The van der Waals surface area contributed by atoms with Gasteiger partial charge in [-0.1, -0.05) is 17.7 Å². The molecule has 0 saturated heterocycles. The fraction of sp³-hybridized carbons (Fsp3) is 0.250. The number of carbonyl (C=O) groups is 1. The monoisotopic (exact) mass is 190 g/mol. The number of benzene rings is 1. The number of carboxylic acid groups (broad SMARTS) is 1. The van der Waals surface area contributed by atoms with Gasteiger partial charge in [-0.05, 0) is 44.0 Å². The van der Waals surface area contributed by atoms with E-state index < -0.39 is 5.97 Å². The van der Waals surface area contributed by atoms with E-state index in [1.807, 2.05) is 26.8 Å². The maximum absolute atomic E-state index is 10.7. The van der Waals surface area contributed by atoms with Crippen molar-refractivity contribution in [3.8, 4) is 0 Å². The lowest BCUT2D eigenvalue weighted by Gasteiger charge is -2.04. The van der Waals surface area contributed by atoms with Crippen LogP contribution in [0.1, 0.15) is 36.7 Å². The second kappa shape index (κ2) is 4.09. The molecule has 1 aromatic rings. The molecule has 1 N–H and O–H groups in total. The van der Waals surface area contributed by atoms with Crippen LogP contribution in [-0.2, 0) is 0 Å². The molecule has 0 spiro atoms. The average molecular weight is 190 g/mol. The van der Waals surface area contributed by atoms with Crippen molar-refractivity contribution in [1.29, 1.82) is 0 Å². The normalized spacial score (nSPS) is 9.64. The van der Waals surface area contributed by atoms with Crippen LogP contribution >= 0.6 is 0 Å². The van der Waals surface area contributed by atoms with E-state index in [1.54, 1.807) is 18.2 Å². The van der Waals surface area contributed by atoms with Crippen molar-refractivity contribution in [3.05, 3.63) is 41.0 Å². The minimum absolute atomic E-state index is 0.336. The number of allylic oxidation sites excluding steroid dienone is 2. The molecule has 1 rings (SSSR count). The van der Waals surface area contributed by atoms with E-state index in [1.165, 1.54) is 5.57 Å². The Labute approximate surface area is 83.9 Å². The summed E-state index contributed by atoms with van der Waals surface area (Å²) in [5, 5.41) is 8.81. The minimum atomic E-state index is -0.881. The van der Waals surface area contributed by atoms with Crippen molar-refractivity contribution in [2.75, 3.05) is 0 Å². The summed E-state index contributed by atoms with van der Waals surface area (Å²) in [6, 6.07) is 6.99. The maximum atomic E-state index is 10.7. The molecular formula is C12H14O2. The molecule has 0 aliphatic heterocycles. The summed E-state index contributed by atoms with van der Waals surface area (Å²) < 4.78 is 0. The van der Waals surface area contributed by atoms with Gasteiger partial charge in [-0.25, -0.2) is 4.79 Å². The van der Waals surface area contributed by atoms with E-state index in [0.717, 1.165) is 11.1 Å². The quantitative estimate of drug-likeness (QED) is 0.777. The Morgan fingerprint density at radius 3 is 2.21 bits per heavy atom. The molecule has 74 valence electrons. The molecule has 0 aromatic heterocycles. The predicted molar refractivity (Wildman–Crippen MR) is 57.3 cm³/mol. The molecule has 0 bridgehead atoms. The van der Waals surface area contributed by atoms with Crippen molar-refractivity contribution >= 4 is 11.5 Å². The summed E-state index contributed by atoms with van der Waals surface area (Å²) in [6.07, 6.45) is 0. The Balaban J connectivity index is 3.19. The molecular weight excluding hydrogens is 176 g/mol. The van der Waals surface area contributed by atoms with Crippen LogP contribution in [0.5, 0.6) is 0 Å². The van der Waals surface area contributed by atoms with Gasteiger partial charge in [0.05, 0.1) is 5.56 Å². The van der Waals surface area contributed by atoms with Crippen molar-refractivity contribution in [1.82, 2.24) is 0 Å². The highest BCUT2D eigenvalue weighted by atomic mass is 16.4. The summed E-state index contributed by atoms with van der Waals surface area (Å²) in [7, 11) is 0. The first kappa shape index (κ1) is 10.5. The number of hydrogen-bond acceptors (Lipinski definition) is 1. The largest absolute Gasteiger partial charge is 0.478 e. The number of carboxylic acids is 1. The molecule has 0 fully saturated rings. The summed E-state index contributed by atoms with van der Waals surface area (Å²) in [5.74, 6) is -0.881. The van der Waals surface area contributed by atoms with Gasteiger partial charge in [0.2, 0.25) is 0 Å². The van der Waals surface area contributed by atoms with Crippen LogP contribution in [0.25, 0.3) is 5.57 Å². The van der Waals surface area contributed by atoms with Crippen molar-refractivity contribution in [3.63, 3.8) is 0 Å². The number of hydrogen-bond donors (Lipinski definition) is 1. The highest BCUT2D eigenvalue weighted by molar-refractivity contribution is 5.88. The standard InChI is InChI=1S/C12H14O2/c1-8(2)9(3)10-5-4-6-11(7-10)12(13)14/h4-7H,1-3H3,(H,13,14). The molecule has 0 atom stereocenters. The van der Waals surface area contributed by atoms with Crippen LogP contribution in [-0.4, -0.2) is 11.1 Å². The topological polar surface area (TPSA) is 37.3 Å². The molecule has 0 amide bonds. The zero-order chi connectivity index (χ0) is 10.7. The molecule has 0 heterocycles. The second-order valence-electron chi connectivity index (χ2n) is 3.51. The van der Waals surface area contributed by atoms with Gasteiger partial charge in [0.1, 0.15) is 0 Å². The Kier molecular flexibility index (Phi) is 3.07. The maximum Gasteiger partial charge on any atom is 0.335 e. The van der Waals surface area contributed by atoms with Gasteiger partial charge in [0, 0.05) is 0 Å². The lowest BCUT2D eigenvalue weighted by molar-refractivity contribution is 0.0697. The van der Waals surface area contributed by atoms with Crippen molar-refractivity contribution in [2.24, 2.45) is 0 Å². The summed E-state index contributed by atoms with van der Waals surface area (Å²) in [4.78, 5) is 10.7. The van der Waals surface area contributed by atoms with Crippen LogP contribution in [0.2, 0.25) is 0 Å². The lowest BCUT2D eigenvalue weighted by Crippen LogP contribution is -1.96. The molecule has 2 heteroatoms. The van der Waals surface area contributed by atoms with E-state index >= 15 is 0 Å². The minimum Gasteiger partial charge on any atom is -0.478 e. The molecule has 0 unspecified atom stereocenters. The first-order valence-corrected chi connectivity index (χ1v) is 4.50. The predicted octanol–water partition coefficient (Wildman–Crippen LogP) is 3.20. The van der Waals surface area contributed by atoms with Crippen LogP contribution in [0, 0.1) is 0 Å². The Morgan fingerprint density at radius 1 is 1.14 bits per heavy atom. The zero-order valence-electron chi connectivity index (χ0n) is 8.66. The second-order valence-corrected chi connectivity index (χ2v) is 3.51. The molecule has 0 saturated carbocycles. The third-order valence-corrected chi connectivity index (χ3v) is 2.29. The molecule has 2 nitrogen and oxygen atoms in total. The van der Waals surface area contributed by atoms with Gasteiger partial charge >= 0.3 is 5.97 Å². The smallest absolute Gasteiger partial charge is 0.335 e. The Morgan fingerprint density at radius 2 is 1.71 bits per heavy atom. The number of aromatic carboxylic acids is 1. The highest BCUT2D eigenvalue weighted by Gasteiger charge is 2.04. The first-order chi connectivity index (χ1) is 6.52. The van der Waals surface area contributed by atoms with Crippen LogP contribution < -0.4 is 0 Å². The van der Waals surface area contributed by atoms with Crippen LogP contribution in [0.3, 0.4) is 0 Å². The first-order valence-electron chi connectivity index (χ1n) is 4.50. The van der Waals surface area contributed by atoms with Crippen molar-refractivity contribution in [2.45, 2.75) is 20.8 Å². The van der Waals surface area contributed by atoms with E-state index in [0.29, 0.717) is 5.56 Å². The van der Waals surface area contributed by atoms with Crippen LogP contribution in [0.15, 0.2) is 29.8 Å². The van der Waals surface area contributed by atoms with E-state index in [-0.39, 0.29) is 0 Å². The van der Waals surface area contributed by atoms with Gasteiger partial charge in [0.25, 0.3) is 0 Å². The Bertz CT molecular complexity index is 385. The third kappa shape index (κ3) is 2.22. The molecule has 0 radical (unpaired) electrons. The fourth-order valence-corrected chi connectivity index (χ4v) is 1.17. The molecule has 1 aromatic carbocycles. The van der Waals surface area contributed by atoms with Gasteiger partial charge in [-0.3, -0.25) is 0 Å². The van der Waals surface area contributed by atoms with Crippen molar-refractivity contribution < 1.29 is 9.90 Å². The summed E-state index contributed by atoms with van der Waals surface area (Å²) in [6.45, 7) is 6.03. The van der Waals surface area contributed by atoms with Gasteiger partial charge in [-0.2, -0.15) is 0 Å². The van der Waals surface area contributed by atoms with Crippen LogP contribution in [0.4, 0.5) is 0 Å². The van der Waals surface area contributed by atoms with E-state index in [9.17, 15) is 4.79 Å². The van der Waals surface area contributed by atoms with Gasteiger partial charge in [-0.15, -0.1) is 0 Å². The molecule has 0 aliphatic rings. The zero-order valence-corrected chi connectivity index (χ0v) is 8.66. The van der Waals surface area contributed by atoms with Gasteiger partial charge < -0.3 is 5.11 Å². The Hall–Kier alpha value is -1.57. The fourth-order valence-electron chi connectivity index (χ4n) is 1.17. The van der Waals surface area contributed by atoms with E-state index in [2.05, 4.69) is 0 Å². The lowest BCUT2D eigenvalue weighted by atomic mass is 10.0. The average Bonchev–Trinajstić information content (AvgIpc) is 2.16. The van der Waals surface area contributed by atoms with Gasteiger partial charge in [0.15, 0.2) is 0 Å². The third-order valence-electron chi connectivity index (χ3n) is 2.29. The summed E-state index contributed by atoms with van der Waals surface area (Å²) >= 11 is 0. The van der Waals surface area contributed by atoms with E-state index in [4.69, 9.17) is 5.11 Å². The summed E-state index contributed by atoms with van der Waals surface area (Å²) in [5.41, 5.74) is 3.65. The highest BCUT2D eigenvalue weighted by Crippen LogP contribution is 2.18. The number of rotatable bonds is 2.